The Morgan fingerprint density at radius 2 is 2.04 bits per heavy atom. The molecule has 7 nitrogen and oxygen atoms in total. The summed E-state index contributed by atoms with van der Waals surface area (Å²) in [5.41, 5.74) is 9.59. The Balaban J connectivity index is 1.44. The summed E-state index contributed by atoms with van der Waals surface area (Å²) >= 11 is 0. The number of nitrogens with zero attached hydrogens (tertiary/aromatic N) is 5. The molecular formula is C19H26N6O. The van der Waals surface area contributed by atoms with E-state index >= 15 is 0 Å². The van der Waals surface area contributed by atoms with Crippen molar-refractivity contribution in [2.75, 3.05) is 43.4 Å². The number of aryl methyl sites for hydroxylation is 1. The Morgan fingerprint density at radius 3 is 2.85 bits per heavy atom. The third-order valence-corrected chi connectivity index (χ3v) is 4.95. The second kappa shape index (κ2) is 7.55. The van der Waals surface area contributed by atoms with Gasteiger partial charge in [-0.3, -0.25) is 9.88 Å². The average Bonchev–Trinajstić information content (AvgIpc) is 3.16. The highest BCUT2D eigenvalue weighted by Crippen LogP contribution is 2.24. The van der Waals surface area contributed by atoms with Crippen LogP contribution in [0.15, 0.2) is 24.4 Å². The molecule has 0 radical (unpaired) electrons. The van der Waals surface area contributed by atoms with Crippen molar-refractivity contribution < 1.29 is 4.74 Å². The maximum atomic E-state index is 5.97. The lowest BCUT2D eigenvalue weighted by atomic mass is 10.1. The van der Waals surface area contributed by atoms with Gasteiger partial charge in [0, 0.05) is 50.3 Å². The Kier molecular flexibility index (Phi) is 4.99. The zero-order valence-electron chi connectivity index (χ0n) is 15.3. The van der Waals surface area contributed by atoms with Gasteiger partial charge in [0.05, 0.1) is 18.0 Å². The van der Waals surface area contributed by atoms with Crippen LogP contribution in [0.2, 0.25) is 0 Å². The summed E-state index contributed by atoms with van der Waals surface area (Å²) in [6.07, 6.45) is 4.28. The largest absolute Gasteiger partial charge is 0.399 e. The van der Waals surface area contributed by atoms with Crippen LogP contribution in [-0.4, -0.2) is 52.6 Å². The summed E-state index contributed by atoms with van der Waals surface area (Å²) in [7, 11) is 0. The number of aromatic nitrogens is 3. The van der Waals surface area contributed by atoms with Crippen molar-refractivity contribution in [2.45, 2.75) is 32.4 Å². The fraction of sp³-hybridized carbons (Fsp3) is 0.526. The second-order valence-corrected chi connectivity index (χ2v) is 7.10. The van der Waals surface area contributed by atoms with Gasteiger partial charge in [-0.1, -0.05) is 0 Å². The Labute approximate surface area is 154 Å². The van der Waals surface area contributed by atoms with E-state index in [9.17, 15) is 0 Å². The maximum Gasteiger partial charge on any atom is 0.225 e. The van der Waals surface area contributed by atoms with Gasteiger partial charge < -0.3 is 15.4 Å². The van der Waals surface area contributed by atoms with Gasteiger partial charge in [-0.05, 0) is 38.0 Å². The van der Waals surface area contributed by atoms with Crippen molar-refractivity contribution in [3.8, 4) is 0 Å². The minimum Gasteiger partial charge on any atom is -0.399 e. The topological polar surface area (TPSA) is 80.4 Å². The number of rotatable bonds is 4. The number of ether oxygens (including phenoxy) is 1. The molecule has 2 aromatic heterocycles. The molecular weight excluding hydrogens is 328 g/mol. The first-order valence-electron chi connectivity index (χ1n) is 9.32. The Morgan fingerprint density at radius 1 is 1.19 bits per heavy atom. The SMILES string of the molecule is Cc1cc(N)cc(C2CN(Cc3ccnc(N4CCCC4)n3)CCO2)n1. The molecule has 4 rings (SSSR count). The number of hydrogen-bond acceptors (Lipinski definition) is 7. The van der Waals surface area contributed by atoms with E-state index in [1.54, 1.807) is 0 Å². The minimum atomic E-state index is -0.0501. The lowest BCUT2D eigenvalue weighted by molar-refractivity contribution is -0.0353. The van der Waals surface area contributed by atoms with Crippen LogP contribution >= 0.6 is 0 Å². The van der Waals surface area contributed by atoms with E-state index in [0.717, 1.165) is 61.4 Å². The zero-order valence-corrected chi connectivity index (χ0v) is 15.3. The van der Waals surface area contributed by atoms with Gasteiger partial charge in [-0.2, -0.15) is 0 Å². The van der Waals surface area contributed by atoms with E-state index in [0.29, 0.717) is 6.61 Å². The van der Waals surface area contributed by atoms with Crippen molar-refractivity contribution in [3.63, 3.8) is 0 Å². The quantitative estimate of drug-likeness (QED) is 0.898. The molecule has 0 bridgehead atoms. The molecule has 138 valence electrons. The van der Waals surface area contributed by atoms with Crippen LogP contribution in [0.25, 0.3) is 0 Å². The third-order valence-electron chi connectivity index (χ3n) is 4.95. The predicted octanol–water partition coefficient (Wildman–Crippen LogP) is 1.94. The van der Waals surface area contributed by atoms with Crippen molar-refractivity contribution in [3.05, 3.63) is 41.5 Å². The van der Waals surface area contributed by atoms with Gasteiger partial charge in [0.2, 0.25) is 5.95 Å². The van der Waals surface area contributed by atoms with Crippen LogP contribution in [-0.2, 0) is 11.3 Å². The van der Waals surface area contributed by atoms with Crippen LogP contribution in [0.5, 0.6) is 0 Å². The molecule has 2 N–H and O–H groups in total. The van der Waals surface area contributed by atoms with Crippen LogP contribution in [0, 0.1) is 6.92 Å². The van der Waals surface area contributed by atoms with Gasteiger partial charge >= 0.3 is 0 Å². The Bertz CT molecular complexity index is 741. The first-order valence-corrected chi connectivity index (χ1v) is 9.32. The average molecular weight is 354 g/mol. The summed E-state index contributed by atoms with van der Waals surface area (Å²) < 4.78 is 5.95. The van der Waals surface area contributed by atoms with E-state index in [1.165, 1.54) is 12.8 Å². The molecule has 2 saturated heterocycles. The molecule has 0 aromatic carbocycles. The lowest BCUT2D eigenvalue weighted by Crippen LogP contribution is -2.38. The molecule has 2 fully saturated rings. The number of anilines is 2. The minimum absolute atomic E-state index is 0.0501. The monoisotopic (exact) mass is 354 g/mol. The van der Waals surface area contributed by atoms with Crippen molar-refractivity contribution in [1.82, 2.24) is 19.9 Å². The van der Waals surface area contributed by atoms with Crippen molar-refractivity contribution in [2.24, 2.45) is 0 Å². The molecule has 0 saturated carbocycles. The molecule has 2 aromatic rings. The highest BCUT2D eigenvalue weighted by molar-refractivity contribution is 5.40. The van der Waals surface area contributed by atoms with Crippen LogP contribution in [0.1, 0.15) is 36.0 Å². The molecule has 4 heterocycles. The highest BCUT2D eigenvalue weighted by Gasteiger charge is 2.24. The molecule has 7 heteroatoms. The van der Waals surface area contributed by atoms with E-state index in [1.807, 2.05) is 31.3 Å². The highest BCUT2D eigenvalue weighted by atomic mass is 16.5. The number of nitrogen functional groups attached to an aromatic ring is 1. The van der Waals surface area contributed by atoms with Gasteiger partial charge in [0.15, 0.2) is 0 Å². The Hall–Kier alpha value is -2.25. The number of nitrogens with two attached hydrogens (primary N) is 1. The van der Waals surface area contributed by atoms with E-state index in [-0.39, 0.29) is 6.10 Å². The standard InChI is InChI=1S/C19H26N6O/c1-14-10-15(20)11-17(22-14)18-13-24(8-9-26-18)12-16-4-5-21-19(23-16)25-6-2-3-7-25/h4-5,10-11,18H,2-3,6-9,12-13H2,1H3,(H2,20,22). The van der Waals surface area contributed by atoms with Crippen LogP contribution in [0.4, 0.5) is 11.6 Å². The molecule has 1 atom stereocenters. The fourth-order valence-electron chi connectivity index (χ4n) is 3.68. The molecule has 1 unspecified atom stereocenters. The fourth-order valence-corrected chi connectivity index (χ4v) is 3.68. The van der Waals surface area contributed by atoms with Crippen molar-refractivity contribution in [1.29, 1.82) is 0 Å². The molecule has 0 amide bonds. The van der Waals surface area contributed by atoms with E-state index in [2.05, 4.69) is 19.8 Å². The first-order chi connectivity index (χ1) is 12.7. The normalized spacial score (nSPS) is 21.3. The van der Waals surface area contributed by atoms with Gasteiger partial charge in [-0.15, -0.1) is 0 Å². The first kappa shape index (κ1) is 17.2. The lowest BCUT2D eigenvalue weighted by Gasteiger charge is -2.32. The molecule has 0 aliphatic carbocycles. The smallest absolute Gasteiger partial charge is 0.225 e. The van der Waals surface area contributed by atoms with Gasteiger partial charge in [-0.25, -0.2) is 9.97 Å². The summed E-state index contributed by atoms with van der Waals surface area (Å²) in [5.74, 6) is 0.859. The van der Waals surface area contributed by atoms with E-state index < -0.39 is 0 Å². The number of morpholine rings is 1. The molecule has 2 aliphatic rings. The predicted molar refractivity (Wildman–Crippen MR) is 101 cm³/mol. The third kappa shape index (κ3) is 3.94. The van der Waals surface area contributed by atoms with Gasteiger partial charge in [0.1, 0.15) is 6.10 Å². The van der Waals surface area contributed by atoms with Gasteiger partial charge in [0.25, 0.3) is 0 Å². The number of hydrogen-bond donors (Lipinski definition) is 1. The molecule has 0 spiro atoms. The van der Waals surface area contributed by atoms with Crippen LogP contribution in [0.3, 0.4) is 0 Å². The zero-order chi connectivity index (χ0) is 17.9. The van der Waals surface area contributed by atoms with Crippen LogP contribution < -0.4 is 10.6 Å². The maximum absolute atomic E-state index is 5.97. The van der Waals surface area contributed by atoms with Crippen molar-refractivity contribution >= 4 is 11.6 Å². The summed E-state index contributed by atoms with van der Waals surface area (Å²) in [6.45, 7) is 7.24. The molecule has 2 aliphatic heterocycles. The summed E-state index contributed by atoms with van der Waals surface area (Å²) in [4.78, 5) is 18.5. The molecule has 26 heavy (non-hydrogen) atoms. The van der Waals surface area contributed by atoms with E-state index in [4.69, 9.17) is 15.5 Å². The summed E-state index contributed by atoms with van der Waals surface area (Å²) in [5, 5.41) is 0. The number of pyridine rings is 1. The summed E-state index contributed by atoms with van der Waals surface area (Å²) in [6, 6.07) is 5.80. The second-order valence-electron chi connectivity index (χ2n) is 7.10.